The summed E-state index contributed by atoms with van der Waals surface area (Å²) in [6.07, 6.45) is 6.15. The summed E-state index contributed by atoms with van der Waals surface area (Å²) in [4.78, 5) is 0.171. The van der Waals surface area contributed by atoms with E-state index in [2.05, 4.69) is 15.9 Å². The first-order valence-electron chi connectivity index (χ1n) is 6.50. The van der Waals surface area contributed by atoms with Gasteiger partial charge in [-0.05, 0) is 46.8 Å². The van der Waals surface area contributed by atoms with Crippen LogP contribution >= 0.6 is 28.1 Å². The Morgan fingerprint density at radius 1 is 1.37 bits per heavy atom. The van der Waals surface area contributed by atoms with Crippen LogP contribution in [0.25, 0.3) is 0 Å². The summed E-state index contributed by atoms with van der Waals surface area (Å²) < 4.78 is 20.0. The molecule has 1 aromatic rings. The van der Waals surface area contributed by atoms with Gasteiger partial charge in [-0.15, -0.1) is 0 Å². The van der Waals surface area contributed by atoms with E-state index in [-0.39, 0.29) is 15.2 Å². The van der Waals surface area contributed by atoms with Gasteiger partial charge >= 0.3 is 0 Å². The average molecular weight is 346 g/mol. The largest absolute Gasteiger partial charge is 0.490 e. The zero-order valence-electron chi connectivity index (χ0n) is 10.6. The quantitative estimate of drug-likeness (QED) is 0.831. The maximum atomic E-state index is 14.1. The fourth-order valence-electron chi connectivity index (χ4n) is 2.39. The van der Waals surface area contributed by atoms with Gasteiger partial charge in [-0.2, -0.15) is 0 Å². The number of nitrogens with two attached hydrogens (primary N) is 1. The molecule has 0 spiro atoms. The summed E-state index contributed by atoms with van der Waals surface area (Å²) >= 11 is 8.03. The molecule has 19 heavy (non-hydrogen) atoms. The smallest absolute Gasteiger partial charge is 0.179 e. The van der Waals surface area contributed by atoms with Crippen LogP contribution in [0.1, 0.15) is 37.7 Å². The van der Waals surface area contributed by atoms with Crippen molar-refractivity contribution in [2.75, 3.05) is 6.61 Å². The Bertz CT molecular complexity index is 475. The van der Waals surface area contributed by atoms with Gasteiger partial charge in [-0.3, -0.25) is 0 Å². The van der Waals surface area contributed by atoms with E-state index in [1.54, 1.807) is 12.1 Å². The van der Waals surface area contributed by atoms with Crippen LogP contribution in [0.5, 0.6) is 5.75 Å². The van der Waals surface area contributed by atoms with E-state index in [9.17, 15) is 4.39 Å². The van der Waals surface area contributed by atoms with Crippen LogP contribution in [0, 0.1) is 11.7 Å². The first kappa shape index (κ1) is 14.7. The van der Waals surface area contributed by atoms with E-state index < -0.39 is 5.82 Å². The minimum Gasteiger partial charge on any atom is -0.490 e. The van der Waals surface area contributed by atoms with Crippen molar-refractivity contribution in [3.63, 3.8) is 0 Å². The summed E-state index contributed by atoms with van der Waals surface area (Å²) in [5.74, 6) is 0.376. The number of ether oxygens (including phenoxy) is 1. The van der Waals surface area contributed by atoms with Gasteiger partial charge < -0.3 is 10.5 Å². The summed E-state index contributed by atoms with van der Waals surface area (Å²) in [5.41, 5.74) is 6.02. The molecule has 0 saturated heterocycles. The minimum absolute atomic E-state index is 0.171. The Labute approximate surface area is 126 Å². The van der Waals surface area contributed by atoms with Crippen molar-refractivity contribution in [3.05, 3.63) is 28.0 Å². The van der Waals surface area contributed by atoms with Crippen LogP contribution in [0.2, 0.25) is 0 Å². The number of halogens is 2. The minimum atomic E-state index is -0.430. The summed E-state index contributed by atoms with van der Waals surface area (Å²) in [6.45, 7) is 0.579. The van der Waals surface area contributed by atoms with Gasteiger partial charge in [0.15, 0.2) is 11.6 Å². The number of rotatable bonds is 4. The van der Waals surface area contributed by atoms with Crippen molar-refractivity contribution in [2.45, 2.75) is 32.1 Å². The van der Waals surface area contributed by atoms with Gasteiger partial charge in [0, 0.05) is 5.56 Å². The van der Waals surface area contributed by atoms with Crippen LogP contribution in [0.15, 0.2) is 16.6 Å². The molecule has 104 valence electrons. The molecule has 1 aliphatic carbocycles. The zero-order valence-corrected chi connectivity index (χ0v) is 13.0. The number of hydrogen-bond donors (Lipinski definition) is 1. The van der Waals surface area contributed by atoms with Gasteiger partial charge in [0.2, 0.25) is 0 Å². The Morgan fingerprint density at radius 3 is 2.68 bits per heavy atom. The molecule has 0 heterocycles. The Balaban J connectivity index is 2.04. The number of hydrogen-bond acceptors (Lipinski definition) is 2. The van der Waals surface area contributed by atoms with Crippen molar-refractivity contribution in [1.29, 1.82) is 0 Å². The second kappa shape index (κ2) is 6.66. The number of benzene rings is 1. The lowest BCUT2D eigenvalue weighted by molar-refractivity contribution is 0.202. The lowest BCUT2D eigenvalue weighted by atomic mass is 9.90. The second-order valence-corrected chi connectivity index (χ2v) is 6.15. The van der Waals surface area contributed by atoms with E-state index in [4.69, 9.17) is 22.7 Å². The summed E-state index contributed by atoms with van der Waals surface area (Å²) in [5, 5.41) is 0. The van der Waals surface area contributed by atoms with Crippen LogP contribution in [0.4, 0.5) is 4.39 Å². The molecule has 5 heteroatoms. The molecule has 0 atom stereocenters. The highest BCUT2D eigenvalue weighted by Crippen LogP contribution is 2.30. The highest BCUT2D eigenvalue weighted by atomic mass is 79.9. The van der Waals surface area contributed by atoms with Crippen molar-refractivity contribution in [2.24, 2.45) is 11.7 Å². The third-order valence-electron chi connectivity index (χ3n) is 3.51. The standard InChI is InChI=1S/C14H17BrFNOS/c15-12-10(14(17)19)6-7-11(13(12)16)18-8-9-4-2-1-3-5-9/h6-7,9H,1-5,8H2,(H2,17,19). The van der Waals surface area contributed by atoms with Crippen LogP contribution in [-0.2, 0) is 0 Å². The molecule has 1 aromatic carbocycles. The predicted molar refractivity (Wildman–Crippen MR) is 82.1 cm³/mol. The lowest BCUT2D eigenvalue weighted by Gasteiger charge is -2.22. The maximum absolute atomic E-state index is 14.1. The molecule has 0 bridgehead atoms. The fourth-order valence-corrected chi connectivity index (χ4v) is 3.24. The third kappa shape index (κ3) is 3.66. The molecular weight excluding hydrogens is 329 g/mol. The first-order chi connectivity index (χ1) is 9.09. The van der Waals surface area contributed by atoms with Gasteiger partial charge in [0.25, 0.3) is 0 Å². The predicted octanol–water partition coefficient (Wildman–Crippen LogP) is 4.18. The third-order valence-corrected chi connectivity index (χ3v) is 4.51. The van der Waals surface area contributed by atoms with Gasteiger partial charge in [-0.1, -0.05) is 31.5 Å². The van der Waals surface area contributed by atoms with E-state index in [1.165, 1.54) is 32.1 Å². The molecule has 0 radical (unpaired) electrons. The van der Waals surface area contributed by atoms with Crippen molar-refractivity contribution in [1.82, 2.24) is 0 Å². The highest BCUT2D eigenvalue weighted by molar-refractivity contribution is 9.10. The van der Waals surface area contributed by atoms with E-state index in [1.807, 2.05) is 0 Å². The average Bonchev–Trinajstić information content (AvgIpc) is 2.41. The van der Waals surface area contributed by atoms with Crippen molar-refractivity contribution < 1.29 is 9.13 Å². The SMILES string of the molecule is NC(=S)c1ccc(OCC2CCCCC2)c(F)c1Br. The molecule has 2 nitrogen and oxygen atoms in total. The molecule has 2 N–H and O–H groups in total. The van der Waals surface area contributed by atoms with E-state index in [0.717, 1.165) is 0 Å². The molecule has 1 saturated carbocycles. The monoisotopic (exact) mass is 345 g/mol. The molecular formula is C14H17BrFNOS. The second-order valence-electron chi connectivity index (χ2n) is 4.92. The first-order valence-corrected chi connectivity index (χ1v) is 7.70. The highest BCUT2D eigenvalue weighted by Gasteiger charge is 2.17. The van der Waals surface area contributed by atoms with Crippen LogP contribution in [0.3, 0.4) is 0 Å². The molecule has 0 amide bonds. The molecule has 1 fully saturated rings. The zero-order chi connectivity index (χ0) is 13.8. The molecule has 0 unspecified atom stereocenters. The maximum Gasteiger partial charge on any atom is 0.179 e. The number of thiocarbonyl (C=S) groups is 1. The topological polar surface area (TPSA) is 35.2 Å². The van der Waals surface area contributed by atoms with Crippen molar-refractivity contribution >= 4 is 33.1 Å². The lowest BCUT2D eigenvalue weighted by Crippen LogP contribution is -2.16. The summed E-state index contributed by atoms with van der Waals surface area (Å²) in [6, 6.07) is 3.28. The normalized spacial score (nSPS) is 16.3. The van der Waals surface area contributed by atoms with Gasteiger partial charge in [0.1, 0.15) is 4.99 Å². The Hall–Kier alpha value is -0.680. The van der Waals surface area contributed by atoms with E-state index >= 15 is 0 Å². The van der Waals surface area contributed by atoms with Gasteiger partial charge in [0.05, 0.1) is 11.1 Å². The summed E-state index contributed by atoms with van der Waals surface area (Å²) in [7, 11) is 0. The van der Waals surface area contributed by atoms with Crippen LogP contribution in [-0.4, -0.2) is 11.6 Å². The molecule has 0 aliphatic heterocycles. The van der Waals surface area contributed by atoms with Crippen molar-refractivity contribution in [3.8, 4) is 5.75 Å². The molecule has 1 aliphatic rings. The van der Waals surface area contributed by atoms with E-state index in [0.29, 0.717) is 18.1 Å². The Kier molecular flexibility index (Phi) is 5.16. The fraction of sp³-hybridized carbons (Fsp3) is 0.500. The molecule has 0 aromatic heterocycles. The van der Waals surface area contributed by atoms with Crippen LogP contribution < -0.4 is 10.5 Å². The molecule has 2 rings (SSSR count). The Morgan fingerprint density at radius 2 is 2.05 bits per heavy atom. The van der Waals surface area contributed by atoms with Gasteiger partial charge in [-0.25, -0.2) is 4.39 Å².